The number of Topliss-reactive ketones (excluding diaryl/α,β-unsaturated/α-hetero) is 1. The van der Waals surface area contributed by atoms with E-state index in [1.165, 1.54) is 32.0 Å². The number of sulfone groups is 1. The summed E-state index contributed by atoms with van der Waals surface area (Å²) in [5.41, 5.74) is 0.568. The van der Waals surface area contributed by atoms with Gasteiger partial charge in [0, 0.05) is 17.1 Å². The fraction of sp³-hybridized carbons (Fsp3) is 0.417. The molecular weight excluding hydrogens is 323 g/mol. The lowest BCUT2D eigenvalue weighted by molar-refractivity contribution is -0.120. The zero-order valence-corrected chi connectivity index (χ0v) is 12.7. The Morgan fingerprint density at radius 3 is 2.39 bits per heavy atom. The van der Waals surface area contributed by atoms with Crippen LogP contribution in [-0.2, 0) is 21.1 Å². The molecule has 0 aliphatic carbocycles. The van der Waals surface area contributed by atoms with Crippen molar-refractivity contribution in [3.8, 4) is 0 Å². The second-order valence-electron chi connectivity index (χ2n) is 4.62. The largest absolute Gasteiger partial charge is 0.298 e. The number of hydrogen-bond acceptors (Lipinski definition) is 3. The summed E-state index contributed by atoms with van der Waals surface area (Å²) in [7, 11) is -3.48. The molecule has 0 N–H and O–H groups in total. The Balaban J connectivity index is 3.02. The summed E-state index contributed by atoms with van der Waals surface area (Å²) >= 11 is 3.15. The maximum absolute atomic E-state index is 12.9. The minimum absolute atomic E-state index is 0.0546. The highest BCUT2D eigenvalue weighted by molar-refractivity contribution is 9.10. The Labute approximate surface area is 114 Å². The fourth-order valence-electron chi connectivity index (χ4n) is 1.26. The van der Waals surface area contributed by atoms with Crippen LogP contribution in [0.5, 0.6) is 0 Å². The van der Waals surface area contributed by atoms with Crippen LogP contribution in [0.4, 0.5) is 4.39 Å². The normalized spacial score (nSPS) is 12.5. The van der Waals surface area contributed by atoms with Gasteiger partial charge < -0.3 is 0 Å². The van der Waals surface area contributed by atoms with E-state index in [2.05, 4.69) is 15.9 Å². The van der Waals surface area contributed by atoms with Crippen LogP contribution in [0, 0.1) is 5.82 Å². The van der Waals surface area contributed by atoms with Gasteiger partial charge in [0.1, 0.15) is 10.6 Å². The van der Waals surface area contributed by atoms with Crippen molar-refractivity contribution >= 4 is 31.6 Å². The molecule has 0 atom stereocenters. The molecule has 0 saturated carbocycles. The van der Waals surface area contributed by atoms with Crippen LogP contribution in [0.15, 0.2) is 22.7 Å². The quantitative estimate of drug-likeness (QED) is 0.848. The van der Waals surface area contributed by atoms with Crippen molar-refractivity contribution in [2.75, 3.05) is 6.26 Å². The van der Waals surface area contributed by atoms with Crippen molar-refractivity contribution in [3.05, 3.63) is 34.1 Å². The highest BCUT2D eigenvalue weighted by Crippen LogP contribution is 2.23. The van der Waals surface area contributed by atoms with Crippen LogP contribution in [0.1, 0.15) is 19.4 Å². The molecule has 0 aliphatic heterocycles. The van der Waals surface area contributed by atoms with E-state index in [0.717, 1.165) is 6.26 Å². The van der Waals surface area contributed by atoms with Crippen LogP contribution < -0.4 is 0 Å². The molecule has 0 bridgehead atoms. The topological polar surface area (TPSA) is 51.2 Å². The zero-order chi connectivity index (χ0) is 14.1. The van der Waals surface area contributed by atoms with Gasteiger partial charge in [0.05, 0.1) is 0 Å². The first-order chi connectivity index (χ1) is 8.05. The van der Waals surface area contributed by atoms with Gasteiger partial charge in [-0.3, -0.25) is 4.79 Å². The summed E-state index contributed by atoms with van der Waals surface area (Å²) < 4.78 is 35.0. The van der Waals surface area contributed by atoms with E-state index < -0.39 is 26.2 Å². The fourth-order valence-corrected chi connectivity index (χ4v) is 2.23. The second kappa shape index (κ2) is 5.09. The Morgan fingerprint density at radius 2 is 1.94 bits per heavy atom. The molecule has 0 aliphatic rings. The molecule has 0 aromatic heterocycles. The van der Waals surface area contributed by atoms with Gasteiger partial charge in [0.2, 0.25) is 0 Å². The SMILES string of the molecule is CC(C)(C(=O)Cc1ccc(F)cc1Br)S(C)(=O)=O. The zero-order valence-electron chi connectivity index (χ0n) is 10.3. The third-order valence-electron chi connectivity index (χ3n) is 2.96. The summed E-state index contributed by atoms with van der Waals surface area (Å²) in [6, 6.07) is 3.95. The van der Waals surface area contributed by atoms with E-state index in [-0.39, 0.29) is 6.42 Å². The molecule has 100 valence electrons. The molecule has 3 nitrogen and oxygen atoms in total. The van der Waals surface area contributed by atoms with Crippen molar-refractivity contribution in [1.82, 2.24) is 0 Å². The predicted molar refractivity (Wildman–Crippen MR) is 71.7 cm³/mol. The van der Waals surface area contributed by atoms with E-state index in [0.29, 0.717) is 10.0 Å². The molecule has 0 saturated heterocycles. The van der Waals surface area contributed by atoms with Crippen LogP contribution in [0.3, 0.4) is 0 Å². The van der Waals surface area contributed by atoms with Gasteiger partial charge in [-0.2, -0.15) is 0 Å². The average molecular weight is 337 g/mol. The standard InChI is InChI=1S/C12H14BrFO3S/c1-12(2,18(3,16)17)11(15)6-8-4-5-9(14)7-10(8)13/h4-5,7H,6H2,1-3H3. The number of hydrogen-bond donors (Lipinski definition) is 0. The third-order valence-corrected chi connectivity index (χ3v) is 5.78. The first-order valence-corrected chi connectivity index (χ1v) is 7.91. The van der Waals surface area contributed by atoms with E-state index in [1.807, 2.05) is 0 Å². The molecule has 0 fully saturated rings. The number of halogens is 2. The maximum Gasteiger partial charge on any atom is 0.159 e. The summed E-state index contributed by atoms with van der Waals surface area (Å²) in [5.74, 6) is -0.835. The van der Waals surface area contributed by atoms with Crippen molar-refractivity contribution in [2.24, 2.45) is 0 Å². The number of ketones is 1. The first kappa shape index (κ1) is 15.3. The molecule has 0 heterocycles. The molecular formula is C12H14BrFO3S. The van der Waals surface area contributed by atoms with E-state index >= 15 is 0 Å². The molecule has 0 amide bonds. The van der Waals surface area contributed by atoms with Crippen LogP contribution in [0.2, 0.25) is 0 Å². The molecule has 1 aromatic rings. The van der Waals surface area contributed by atoms with Gasteiger partial charge in [-0.05, 0) is 31.5 Å². The Kier molecular flexibility index (Phi) is 4.33. The Morgan fingerprint density at radius 1 is 1.39 bits per heavy atom. The molecule has 0 spiro atoms. The van der Waals surface area contributed by atoms with Gasteiger partial charge in [0.25, 0.3) is 0 Å². The van der Waals surface area contributed by atoms with Crippen molar-refractivity contribution in [3.63, 3.8) is 0 Å². The molecule has 18 heavy (non-hydrogen) atoms. The number of carbonyl (C=O) groups is 1. The van der Waals surface area contributed by atoms with Gasteiger partial charge in [0.15, 0.2) is 15.6 Å². The molecule has 6 heteroatoms. The number of carbonyl (C=O) groups excluding carboxylic acids is 1. The van der Waals surface area contributed by atoms with Crippen LogP contribution >= 0.6 is 15.9 Å². The predicted octanol–water partition coefficient (Wildman–Crippen LogP) is 2.52. The summed E-state index contributed by atoms with van der Waals surface area (Å²) in [6.45, 7) is 2.75. The Bertz CT molecular complexity index is 579. The van der Waals surface area contributed by atoms with Crippen molar-refractivity contribution in [2.45, 2.75) is 25.0 Å². The van der Waals surface area contributed by atoms with Crippen molar-refractivity contribution in [1.29, 1.82) is 0 Å². The average Bonchev–Trinajstić information content (AvgIpc) is 2.20. The maximum atomic E-state index is 12.9. The van der Waals surface area contributed by atoms with E-state index in [4.69, 9.17) is 0 Å². The number of rotatable bonds is 4. The highest BCUT2D eigenvalue weighted by atomic mass is 79.9. The minimum atomic E-state index is -3.48. The van der Waals surface area contributed by atoms with Gasteiger partial charge in [-0.1, -0.05) is 22.0 Å². The minimum Gasteiger partial charge on any atom is -0.298 e. The van der Waals surface area contributed by atoms with Crippen LogP contribution in [-0.4, -0.2) is 25.2 Å². The lowest BCUT2D eigenvalue weighted by Gasteiger charge is -2.21. The second-order valence-corrected chi connectivity index (χ2v) is 8.04. The molecule has 1 rings (SSSR count). The van der Waals surface area contributed by atoms with E-state index in [1.54, 1.807) is 0 Å². The Hall–Kier alpha value is -0.750. The van der Waals surface area contributed by atoms with Gasteiger partial charge >= 0.3 is 0 Å². The first-order valence-electron chi connectivity index (χ1n) is 5.22. The van der Waals surface area contributed by atoms with E-state index in [9.17, 15) is 17.6 Å². The van der Waals surface area contributed by atoms with Crippen molar-refractivity contribution < 1.29 is 17.6 Å². The monoisotopic (exact) mass is 336 g/mol. The van der Waals surface area contributed by atoms with Gasteiger partial charge in [-0.15, -0.1) is 0 Å². The molecule has 1 aromatic carbocycles. The lowest BCUT2D eigenvalue weighted by atomic mass is 10.0. The smallest absolute Gasteiger partial charge is 0.159 e. The summed E-state index contributed by atoms with van der Waals surface area (Å²) in [5, 5.41) is 0. The number of benzene rings is 1. The molecule has 0 unspecified atom stereocenters. The van der Waals surface area contributed by atoms with Crippen LogP contribution in [0.25, 0.3) is 0 Å². The summed E-state index contributed by atoms with van der Waals surface area (Å²) in [6.07, 6.45) is 0.978. The lowest BCUT2D eigenvalue weighted by Crippen LogP contribution is -2.40. The highest BCUT2D eigenvalue weighted by Gasteiger charge is 2.37. The van der Waals surface area contributed by atoms with Gasteiger partial charge in [-0.25, -0.2) is 12.8 Å². The summed E-state index contributed by atoms with van der Waals surface area (Å²) in [4.78, 5) is 12.0. The third kappa shape index (κ3) is 3.17. The molecule has 0 radical (unpaired) electrons.